The normalized spacial score (nSPS) is 19.8. The van der Waals surface area contributed by atoms with Crippen LogP contribution in [0.3, 0.4) is 0 Å². The smallest absolute Gasteiger partial charge is 0.244 e. The summed E-state index contributed by atoms with van der Waals surface area (Å²) in [5, 5.41) is 3.00. The molecule has 0 saturated heterocycles. The lowest BCUT2D eigenvalue weighted by atomic mass is 9.84. The molecule has 25 heavy (non-hydrogen) atoms. The maximum Gasteiger partial charge on any atom is 0.244 e. The molecule has 2 saturated carbocycles. The Balaban J connectivity index is 1.52. The third-order valence-electron chi connectivity index (χ3n) is 5.61. The first-order valence-corrected chi connectivity index (χ1v) is 9.85. The summed E-state index contributed by atoms with van der Waals surface area (Å²) in [7, 11) is 0. The molecular formula is C22H29NO2. The highest BCUT2D eigenvalue weighted by molar-refractivity contribution is 6.07. The van der Waals surface area contributed by atoms with Crippen molar-refractivity contribution in [1.82, 2.24) is 5.32 Å². The van der Waals surface area contributed by atoms with Crippen molar-refractivity contribution in [2.45, 2.75) is 76.2 Å². The molecular weight excluding hydrogens is 310 g/mol. The summed E-state index contributed by atoms with van der Waals surface area (Å²) >= 11 is 0. The molecule has 1 aromatic rings. The van der Waals surface area contributed by atoms with Gasteiger partial charge >= 0.3 is 0 Å². The summed E-state index contributed by atoms with van der Waals surface area (Å²) in [5.74, 6) is 0.391. The molecule has 3 heteroatoms. The molecule has 1 N–H and O–H groups in total. The van der Waals surface area contributed by atoms with Crippen LogP contribution in [0.1, 0.15) is 86.0 Å². The Kier molecular flexibility index (Phi) is 6.43. The number of nitrogens with one attached hydrogen (secondary N) is 1. The van der Waals surface area contributed by atoms with Gasteiger partial charge in [0.2, 0.25) is 5.91 Å². The highest BCUT2D eigenvalue weighted by Crippen LogP contribution is 2.32. The average Bonchev–Trinajstić information content (AvgIpc) is 2.68. The first-order chi connectivity index (χ1) is 12.2. The molecule has 0 bridgehead atoms. The van der Waals surface area contributed by atoms with E-state index in [0.717, 1.165) is 12.8 Å². The Labute approximate surface area is 150 Å². The lowest BCUT2D eigenvalue weighted by molar-refractivity contribution is -0.117. The molecule has 0 heterocycles. The number of amides is 1. The van der Waals surface area contributed by atoms with Gasteiger partial charge in [-0.25, -0.2) is 0 Å². The Bertz CT molecular complexity index is 605. The van der Waals surface area contributed by atoms with Gasteiger partial charge in [0.15, 0.2) is 5.78 Å². The molecule has 2 aliphatic carbocycles. The van der Waals surface area contributed by atoms with Crippen LogP contribution in [0.5, 0.6) is 0 Å². The van der Waals surface area contributed by atoms with Crippen molar-refractivity contribution in [3.63, 3.8) is 0 Å². The van der Waals surface area contributed by atoms with Crippen molar-refractivity contribution in [2.24, 2.45) is 0 Å². The summed E-state index contributed by atoms with van der Waals surface area (Å²) < 4.78 is 0. The molecule has 0 aliphatic heterocycles. The van der Waals surface area contributed by atoms with Crippen LogP contribution in [0.15, 0.2) is 36.4 Å². The van der Waals surface area contributed by atoms with E-state index in [2.05, 4.69) is 17.4 Å². The minimum atomic E-state index is -0.154. The van der Waals surface area contributed by atoms with Crippen LogP contribution in [0.4, 0.5) is 0 Å². The molecule has 0 unspecified atom stereocenters. The maximum absolute atomic E-state index is 12.3. The third-order valence-corrected chi connectivity index (χ3v) is 5.61. The molecule has 3 nitrogen and oxygen atoms in total. The quantitative estimate of drug-likeness (QED) is 0.611. The van der Waals surface area contributed by atoms with Gasteiger partial charge in [0, 0.05) is 17.7 Å². The number of hydrogen-bond acceptors (Lipinski definition) is 2. The van der Waals surface area contributed by atoms with Crippen LogP contribution >= 0.6 is 0 Å². The first kappa shape index (κ1) is 17.9. The van der Waals surface area contributed by atoms with Gasteiger partial charge in [0.05, 0.1) is 0 Å². The number of allylic oxidation sites excluding steroid dienone is 1. The number of ketones is 1. The third kappa shape index (κ3) is 5.29. The van der Waals surface area contributed by atoms with E-state index < -0.39 is 0 Å². The summed E-state index contributed by atoms with van der Waals surface area (Å²) in [6, 6.07) is 8.24. The minimum absolute atomic E-state index is 0.103. The van der Waals surface area contributed by atoms with E-state index in [1.165, 1.54) is 69.1 Å². The molecule has 1 amide bonds. The Hall–Kier alpha value is -1.90. The van der Waals surface area contributed by atoms with Crippen molar-refractivity contribution in [1.29, 1.82) is 0 Å². The number of carbonyl (C=O) groups excluding carboxylic acids is 2. The van der Waals surface area contributed by atoms with Crippen LogP contribution < -0.4 is 5.32 Å². The number of benzene rings is 1. The fraction of sp³-hybridized carbons (Fsp3) is 0.545. The predicted octanol–water partition coefficient (Wildman–Crippen LogP) is 4.92. The second kappa shape index (κ2) is 8.98. The van der Waals surface area contributed by atoms with Crippen molar-refractivity contribution in [3.05, 3.63) is 47.5 Å². The average molecular weight is 339 g/mol. The van der Waals surface area contributed by atoms with E-state index >= 15 is 0 Å². The molecule has 0 spiro atoms. The Morgan fingerprint density at radius 3 is 2.04 bits per heavy atom. The minimum Gasteiger partial charge on any atom is -0.350 e. The van der Waals surface area contributed by atoms with Gasteiger partial charge < -0.3 is 5.32 Å². The number of hydrogen-bond donors (Lipinski definition) is 1. The van der Waals surface area contributed by atoms with Crippen LogP contribution in [0, 0.1) is 0 Å². The molecule has 1 aromatic carbocycles. The lowest BCUT2D eigenvalue weighted by Gasteiger charge is -2.22. The van der Waals surface area contributed by atoms with E-state index in [-0.39, 0.29) is 17.7 Å². The highest BCUT2D eigenvalue weighted by atomic mass is 16.1. The van der Waals surface area contributed by atoms with Gasteiger partial charge in [-0.2, -0.15) is 0 Å². The first-order valence-electron chi connectivity index (χ1n) is 9.85. The second-order valence-electron chi connectivity index (χ2n) is 7.50. The summed E-state index contributed by atoms with van der Waals surface area (Å²) in [6.45, 7) is 0. The summed E-state index contributed by atoms with van der Waals surface area (Å²) in [4.78, 5) is 24.2. The molecule has 2 aliphatic rings. The molecule has 0 aromatic heterocycles. The zero-order valence-electron chi connectivity index (χ0n) is 15.0. The molecule has 3 rings (SSSR count). The van der Waals surface area contributed by atoms with Crippen molar-refractivity contribution >= 4 is 11.7 Å². The largest absolute Gasteiger partial charge is 0.350 e. The van der Waals surface area contributed by atoms with Crippen molar-refractivity contribution in [2.75, 3.05) is 0 Å². The SMILES string of the molecule is O=C(/C=C/C(=O)c1ccc(C2CCCCC2)cc1)NC1CCCCC1. The predicted molar refractivity (Wildman–Crippen MR) is 101 cm³/mol. The zero-order valence-corrected chi connectivity index (χ0v) is 15.0. The number of carbonyl (C=O) groups is 2. The van der Waals surface area contributed by atoms with E-state index in [0.29, 0.717) is 11.5 Å². The van der Waals surface area contributed by atoms with Gasteiger partial charge in [0.25, 0.3) is 0 Å². The maximum atomic E-state index is 12.3. The van der Waals surface area contributed by atoms with Gasteiger partial charge in [-0.05, 0) is 43.2 Å². The van der Waals surface area contributed by atoms with E-state index in [9.17, 15) is 9.59 Å². The van der Waals surface area contributed by atoms with Crippen LogP contribution in [-0.2, 0) is 4.79 Å². The van der Waals surface area contributed by atoms with Crippen LogP contribution in [0.2, 0.25) is 0 Å². The number of rotatable bonds is 5. The fourth-order valence-electron chi connectivity index (χ4n) is 4.10. The topological polar surface area (TPSA) is 46.2 Å². The molecule has 0 atom stereocenters. The van der Waals surface area contributed by atoms with Gasteiger partial charge in [-0.3, -0.25) is 9.59 Å². The van der Waals surface area contributed by atoms with Crippen molar-refractivity contribution < 1.29 is 9.59 Å². The van der Waals surface area contributed by atoms with Crippen molar-refractivity contribution in [3.8, 4) is 0 Å². The Morgan fingerprint density at radius 2 is 1.40 bits per heavy atom. The van der Waals surface area contributed by atoms with Gasteiger partial charge in [-0.15, -0.1) is 0 Å². The summed E-state index contributed by atoms with van der Waals surface area (Å²) in [5.41, 5.74) is 2.00. The van der Waals surface area contributed by atoms with Crippen LogP contribution in [-0.4, -0.2) is 17.7 Å². The van der Waals surface area contributed by atoms with Gasteiger partial charge in [-0.1, -0.05) is 62.8 Å². The Morgan fingerprint density at radius 1 is 0.800 bits per heavy atom. The highest BCUT2D eigenvalue weighted by Gasteiger charge is 2.16. The summed E-state index contributed by atoms with van der Waals surface area (Å²) in [6.07, 6.45) is 15.0. The lowest BCUT2D eigenvalue weighted by Crippen LogP contribution is -2.35. The molecule has 2 fully saturated rings. The van der Waals surface area contributed by atoms with E-state index in [1.54, 1.807) is 0 Å². The zero-order chi connectivity index (χ0) is 17.5. The molecule has 134 valence electrons. The van der Waals surface area contributed by atoms with Gasteiger partial charge in [0.1, 0.15) is 0 Å². The molecule has 0 radical (unpaired) electrons. The monoisotopic (exact) mass is 339 g/mol. The fourth-order valence-corrected chi connectivity index (χ4v) is 4.10. The van der Waals surface area contributed by atoms with E-state index in [4.69, 9.17) is 0 Å². The second-order valence-corrected chi connectivity index (χ2v) is 7.50. The van der Waals surface area contributed by atoms with E-state index in [1.807, 2.05) is 12.1 Å². The van der Waals surface area contributed by atoms with Crippen LogP contribution in [0.25, 0.3) is 0 Å². The standard InChI is InChI=1S/C22H29NO2/c24-21(15-16-22(25)23-20-9-5-2-6-10-20)19-13-11-18(12-14-19)17-7-3-1-4-8-17/h11-17,20H,1-10H2,(H,23,25)/b16-15+.